The Labute approximate surface area is 225 Å². The molecule has 0 unspecified atom stereocenters. The van der Waals surface area contributed by atoms with Gasteiger partial charge in [-0.3, -0.25) is 14.4 Å². The van der Waals surface area contributed by atoms with Crippen molar-refractivity contribution in [3.63, 3.8) is 0 Å². The number of methoxy groups -OCH3 is 1. The van der Waals surface area contributed by atoms with Crippen molar-refractivity contribution in [2.24, 2.45) is 0 Å². The van der Waals surface area contributed by atoms with Crippen LogP contribution in [0.2, 0.25) is 0 Å². The molecule has 1 aromatic heterocycles. The Kier molecular flexibility index (Phi) is 7.40. The molecule has 3 aliphatic rings. The number of nitrogens with zero attached hydrogens (tertiary/aromatic N) is 2. The van der Waals surface area contributed by atoms with E-state index in [-0.39, 0.29) is 54.8 Å². The van der Waals surface area contributed by atoms with Crippen LogP contribution in [0.25, 0.3) is 0 Å². The van der Waals surface area contributed by atoms with Crippen LogP contribution in [0.1, 0.15) is 51.9 Å². The fourth-order valence-electron chi connectivity index (χ4n) is 4.45. The van der Waals surface area contributed by atoms with Gasteiger partial charge in [0, 0.05) is 24.7 Å². The van der Waals surface area contributed by atoms with Crippen molar-refractivity contribution in [1.29, 1.82) is 0 Å². The highest BCUT2D eigenvalue weighted by Crippen LogP contribution is 2.29. The number of nitrogens with one attached hydrogen (secondary N) is 2. The smallest absolute Gasteiger partial charge is 0.292 e. The van der Waals surface area contributed by atoms with Crippen LogP contribution in [-0.2, 0) is 11.3 Å². The molecule has 0 radical (unpaired) electrons. The van der Waals surface area contributed by atoms with Crippen LogP contribution in [0.4, 0.5) is 0 Å². The van der Waals surface area contributed by atoms with Crippen LogP contribution in [0, 0.1) is 0 Å². The van der Waals surface area contributed by atoms with E-state index in [1.54, 1.807) is 35.2 Å². The number of fused-ring (bicyclic) bond motifs is 7. The summed E-state index contributed by atoms with van der Waals surface area (Å²) in [6.45, 7) is 4.44. The van der Waals surface area contributed by atoms with E-state index in [1.165, 1.54) is 13.2 Å². The first-order chi connectivity index (χ1) is 18.8. The Bertz CT molecular complexity index is 1370. The summed E-state index contributed by atoms with van der Waals surface area (Å²) in [5.74, 6) is 0.451. The Morgan fingerprint density at radius 1 is 1.10 bits per heavy atom. The highest BCUT2D eigenvalue weighted by molar-refractivity contribution is 5.95. The number of amides is 3. The molecule has 11 heteroatoms. The summed E-state index contributed by atoms with van der Waals surface area (Å²) < 4.78 is 22.6. The molecule has 2 N–H and O–H groups in total. The zero-order valence-electron chi connectivity index (χ0n) is 21.9. The summed E-state index contributed by atoms with van der Waals surface area (Å²) >= 11 is 0. The molecule has 204 valence electrons. The van der Waals surface area contributed by atoms with Crippen LogP contribution < -0.4 is 24.8 Å². The Balaban J connectivity index is 1.43. The van der Waals surface area contributed by atoms with Crippen LogP contribution in [-0.4, -0.2) is 66.7 Å². The second kappa shape index (κ2) is 11.1. The predicted octanol–water partition coefficient (Wildman–Crippen LogP) is 2.52. The Hall–Kier alpha value is -4.54. The number of hydrogen-bond donors (Lipinski definition) is 2. The third kappa shape index (κ3) is 5.82. The molecule has 1 saturated heterocycles. The molecular formula is C28H30N4O7. The van der Waals surface area contributed by atoms with Crippen molar-refractivity contribution >= 4 is 17.7 Å². The molecule has 39 heavy (non-hydrogen) atoms. The second-order valence-corrected chi connectivity index (χ2v) is 9.79. The number of rotatable bonds is 3. The number of aromatic nitrogens is 1. The quantitative estimate of drug-likeness (QED) is 0.524. The molecule has 2 atom stereocenters. The van der Waals surface area contributed by atoms with Gasteiger partial charge in [0.2, 0.25) is 5.76 Å². The van der Waals surface area contributed by atoms with Crippen molar-refractivity contribution in [1.82, 2.24) is 20.7 Å². The second-order valence-electron chi connectivity index (χ2n) is 9.79. The maximum absolute atomic E-state index is 13.3. The van der Waals surface area contributed by atoms with E-state index in [4.69, 9.17) is 18.7 Å². The number of carbonyl (C=O) groups excluding carboxylic acids is 3. The summed E-state index contributed by atoms with van der Waals surface area (Å²) in [5, 5.41) is 9.80. The van der Waals surface area contributed by atoms with Gasteiger partial charge >= 0.3 is 0 Å². The van der Waals surface area contributed by atoms with Gasteiger partial charge in [0.25, 0.3) is 17.7 Å². The van der Waals surface area contributed by atoms with Crippen molar-refractivity contribution in [3.8, 4) is 17.2 Å². The first-order valence-electron chi connectivity index (χ1n) is 12.7. The lowest BCUT2D eigenvalue weighted by Gasteiger charge is -2.21. The summed E-state index contributed by atoms with van der Waals surface area (Å²) in [4.78, 5) is 40.5. The molecule has 11 nitrogen and oxygen atoms in total. The molecule has 3 amide bonds. The number of hydrogen-bond acceptors (Lipinski definition) is 8. The van der Waals surface area contributed by atoms with Crippen LogP contribution in [0.3, 0.4) is 0 Å². The standard InChI is InChI=1S/C28H30N4O7/c1-16(2)20-11-24(39-31-20)28(35)32-13-21-25(14-32)38-19-7-4-17(5-8-19)12-29-26(33)15-37-23-10-18(27(34)30-21)6-9-22(23)36-3/h4-11,16,21,25H,12-15H2,1-3H3,(H,29,33)(H,30,34)/t21-,25-/m0/s1. The lowest BCUT2D eigenvalue weighted by atomic mass is 10.1. The fraction of sp³-hybridized carbons (Fsp3) is 0.357. The number of benzene rings is 2. The van der Waals surface area contributed by atoms with Crippen molar-refractivity contribution in [2.45, 2.75) is 38.5 Å². The molecule has 4 bridgehead atoms. The van der Waals surface area contributed by atoms with Crippen molar-refractivity contribution in [2.75, 3.05) is 26.8 Å². The number of carbonyl (C=O) groups is 3. The Morgan fingerprint density at radius 2 is 1.90 bits per heavy atom. The highest BCUT2D eigenvalue weighted by atomic mass is 16.5. The molecule has 3 aliphatic heterocycles. The topological polar surface area (TPSA) is 132 Å². The van der Waals surface area contributed by atoms with Gasteiger partial charge in [0.15, 0.2) is 18.1 Å². The van der Waals surface area contributed by atoms with Gasteiger partial charge in [-0.15, -0.1) is 0 Å². The largest absolute Gasteiger partial charge is 0.493 e. The molecule has 2 aromatic carbocycles. The Morgan fingerprint density at radius 3 is 2.62 bits per heavy atom. The zero-order chi connectivity index (χ0) is 27.5. The van der Waals surface area contributed by atoms with Crippen molar-refractivity contribution in [3.05, 3.63) is 71.1 Å². The van der Waals surface area contributed by atoms with Gasteiger partial charge in [-0.25, -0.2) is 0 Å². The van der Waals surface area contributed by atoms with E-state index >= 15 is 0 Å². The van der Waals surface area contributed by atoms with Gasteiger partial charge in [-0.05, 0) is 41.8 Å². The summed E-state index contributed by atoms with van der Waals surface area (Å²) in [7, 11) is 1.48. The van der Waals surface area contributed by atoms with E-state index in [9.17, 15) is 14.4 Å². The predicted molar refractivity (Wildman–Crippen MR) is 139 cm³/mol. The minimum Gasteiger partial charge on any atom is -0.493 e. The number of ether oxygens (including phenoxy) is 3. The van der Waals surface area contributed by atoms with Gasteiger partial charge in [0.05, 0.1) is 25.4 Å². The lowest BCUT2D eigenvalue weighted by Crippen LogP contribution is -2.45. The van der Waals surface area contributed by atoms with Gasteiger partial charge in [-0.1, -0.05) is 31.1 Å². The minimum atomic E-state index is -0.527. The molecule has 4 heterocycles. The van der Waals surface area contributed by atoms with Gasteiger partial charge in [0.1, 0.15) is 11.9 Å². The average molecular weight is 535 g/mol. The molecule has 3 aromatic rings. The zero-order valence-corrected chi connectivity index (χ0v) is 21.9. The van der Waals surface area contributed by atoms with E-state index in [0.717, 1.165) is 5.56 Å². The maximum atomic E-state index is 13.3. The van der Waals surface area contributed by atoms with E-state index in [0.29, 0.717) is 29.3 Å². The number of likely N-dealkylation sites (tertiary alicyclic amines) is 1. The summed E-state index contributed by atoms with van der Waals surface area (Å²) in [6.07, 6.45) is -0.527. The third-order valence-electron chi connectivity index (χ3n) is 6.69. The molecule has 0 spiro atoms. The SMILES string of the molecule is COc1ccc2cc1OCC(=O)NCc1ccc(cc1)O[C@H]1CN(C(=O)c3cc(C(C)C)no3)C[C@@H]1NC2=O. The maximum Gasteiger partial charge on any atom is 0.292 e. The van der Waals surface area contributed by atoms with Crippen LogP contribution >= 0.6 is 0 Å². The summed E-state index contributed by atoms with van der Waals surface area (Å²) in [6, 6.07) is 13.1. The van der Waals surface area contributed by atoms with E-state index in [1.807, 2.05) is 26.0 Å². The molecular weight excluding hydrogens is 504 g/mol. The molecule has 0 saturated carbocycles. The average Bonchev–Trinajstić information content (AvgIpc) is 3.58. The monoisotopic (exact) mass is 534 g/mol. The van der Waals surface area contributed by atoms with Crippen molar-refractivity contribution < 1.29 is 33.1 Å². The highest BCUT2D eigenvalue weighted by Gasteiger charge is 2.39. The fourth-order valence-corrected chi connectivity index (χ4v) is 4.45. The van der Waals surface area contributed by atoms with Gasteiger partial charge in [-0.2, -0.15) is 0 Å². The summed E-state index contributed by atoms with van der Waals surface area (Å²) in [5.41, 5.74) is 1.87. The minimum absolute atomic E-state index is 0.118. The van der Waals surface area contributed by atoms with Crippen LogP contribution in [0.5, 0.6) is 17.2 Å². The lowest BCUT2D eigenvalue weighted by molar-refractivity contribution is -0.123. The molecule has 6 rings (SSSR count). The molecule has 1 fully saturated rings. The van der Waals surface area contributed by atoms with E-state index < -0.39 is 12.1 Å². The van der Waals surface area contributed by atoms with Gasteiger partial charge < -0.3 is 34.3 Å². The molecule has 0 aliphatic carbocycles. The normalized spacial score (nSPS) is 19.4. The van der Waals surface area contributed by atoms with Crippen LogP contribution in [0.15, 0.2) is 53.1 Å². The first kappa shape index (κ1) is 26.1. The first-order valence-corrected chi connectivity index (χ1v) is 12.7. The van der Waals surface area contributed by atoms with E-state index in [2.05, 4.69) is 15.8 Å². The third-order valence-corrected chi connectivity index (χ3v) is 6.69.